The Labute approximate surface area is 123 Å². The molecule has 90 valence electrons. The van der Waals surface area contributed by atoms with E-state index in [2.05, 4.69) is 14.6 Å². The number of halogens is 3. The first-order chi connectivity index (χ1) is 8.06. The lowest BCUT2D eigenvalue weighted by atomic mass is 10.2. The molecule has 0 N–H and O–H groups in total. The molecular weight excluding hydrogens is 378 g/mol. The van der Waals surface area contributed by atoms with E-state index in [4.69, 9.17) is 27.9 Å². The van der Waals surface area contributed by atoms with Crippen LogP contribution in [0.1, 0.15) is 6.92 Å². The van der Waals surface area contributed by atoms with Crippen LogP contribution in [-0.4, -0.2) is 12.6 Å². The molecule has 3 rings (SSSR count). The number of esters is 1. The van der Waals surface area contributed by atoms with Gasteiger partial charge < -0.3 is 9.47 Å². The van der Waals surface area contributed by atoms with Gasteiger partial charge in [-0.3, -0.25) is 4.79 Å². The van der Waals surface area contributed by atoms with Crippen LogP contribution in [0.2, 0.25) is 10.0 Å². The highest BCUT2D eigenvalue weighted by molar-refractivity contribution is 14.1. The molecule has 1 aromatic rings. The second kappa shape index (κ2) is 6.94. The van der Waals surface area contributed by atoms with Gasteiger partial charge in [-0.15, -0.1) is 0 Å². The fourth-order valence-electron chi connectivity index (χ4n) is 0.915. The van der Waals surface area contributed by atoms with E-state index in [0.717, 1.165) is 5.75 Å². The minimum absolute atomic E-state index is 0.207. The predicted octanol–water partition coefficient (Wildman–Crippen LogP) is 4.04. The summed E-state index contributed by atoms with van der Waals surface area (Å²) in [6.45, 7) is 1.56. The Hall–Kier alpha value is -0.640. The average molecular weight is 385 g/mol. The van der Waals surface area contributed by atoms with Gasteiger partial charge in [0.1, 0.15) is 10.8 Å². The number of fused-ring (bicyclic) bond motifs is 2. The predicted molar refractivity (Wildman–Crippen MR) is 75.0 cm³/mol. The minimum atomic E-state index is -0.288. The summed E-state index contributed by atoms with van der Waals surface area (Å²) in [5, 5.41) is 1.22. The van der Waals surface area contributed by atoms with Crippen LogP contribution in [0.4, 0.5) is 0 Å². The SMILES string of the molecule is CC(=O)OCC#CI.Clc1ccc2c(Cl)c1O2. The van der Waals surface area contributed by atoms with Gasteiger partial charge in [-0.1, -0.05) is 29.1 Å². The summed E-state index contributed by atoms with van der Waals surface area (Å²) in [7, 11) is 0. The molecule has 3 nitrogen and oxygen atoms in total. The first kappa shape index (κ1) is 14.4. The van der Waals surface area contributed by atoms with Crippen molar-refractivity contribution < 1.29 is 14.3 Å². The van der Waals surface area contributed by atoms with Crippen molar-refractivity contribution in [2.75, 3.05) is 6.61 Å². The summed E-state index contributed by atoms with van der Waals surface area (Å²) < 4.78 is 12.0. The molecule has 0 saturated heterocycles. The Bertz CT molecular complexity index is 485. The molecule has 0 aliphatic carbocycles. The summed E-state index contributed by atoms with van der Waals surface area (Å²) in [6, 6.07) is 3.51. The maximum atomic E-state index is 10.0. The fraction of sp³-hybridized carbons (Fsp3) is 0.182. The molecule has 0 fully saturated rings. The van der Waals surface area contributed by atoms with Gasteiger partial charge in [-0.25, -0.2) is 0 Å². The number of hydrogen-bond donors (Lipinski definition) is 0. The van der Waals surface area contributed by atoms with Gasteiger partial charge >= 0.3 is 5.97 Å². The number of ether oxygens (including phenoxy) is 2. The molecule has 0 spiro atoms. The van der Waals surface area contributed by atoms with Crippen LogP contribution in [0.15, 0.2) is 12.1 Å². The van der Waals surface area contributed by atoms with E-state index in [0.29, 0.717) is 15.8 Å². The molecule has 2 aliphatic heterocycles. The van der Waals surface area contributed by atoms with Gasteiger partial charge in [0.25, 0.3) is 0 Å². The highest BCUT2D eigenvalue weighted by atomic mass is 127. The fourth-order valence-corrected chi connectivity index (χ4v) is 1.56. The van der Waals surface area contributed by atoms with Crippen molar-refractivity contribution in [2.45, 2.75) is 6.92 Å². The Kier molecular flexibility index (Phi) is 5.89. The van der Waals surface area contributed by atoms with E-state index in [1.807, 2.05) is 22.6 Å². The zero-order valence-electron chi connectivity index (χ0n) is 8.72. The lowest BCUT2D eigenvalue weighted by Gasteiger charge is -2.20. The molecule has 17 heavy (non-hydrogen) atoms. The Balaban J connectivity index is 0.000000172. The van der Waals surface area contributed by atoms with Gasteiger partial charge in [0.15, 0.2) is 12.4 Å². The molecule has 0 saturated carbocycles. The topological polar surface area (TPSA) is 35.5 Å². The van der Waals surface area contributed by atoms with Crippen molar-refractivity contribution in [3.63, 3.8) is 0 Å². The van der Waals surface area contributed by atoms with Crippen LogP contribution in [0, 0.1) is 9.85 Å². The molecule has 0 unspecified atom stereocenters. The van der Waals surface area contributed by atoms with E-state index in [-0.39, 0.29) is 12.6 Å². The Morgan fingerprint density at radius 3 is 2.59 bits per heavy atom. The van der Waals surface area contributed by atoms with Crippen LogP contribution in [-0.2, 0) is 9.53 Å². The first-order valence-electron chi connectivity index (χ1n) is 4.44. The summed E-state index contributed by atoms with van der Waals surface area (Å²) in [5.74, 6) is 3.61. The van der Waals surface area contributed by atoms with Gasteiger partial charge in [0.05, 0.1) is 5.02 Å². The van der Waals surface area contributed by atoms with Crippen molar-refractivity contribution in [2.24, 2.45) is 0 Å². The largest absolute Gasteiger partial charge is 0.453 e. The summed E-state index contributed by atoms with van der Waals surface area (Å²) in [5.41, 5.74) is 0. The lowest BCUT2D eigenvalue weighted by Crippen LogP contribution is -1.97. The van der Waals surface area contributed by atoms with E-state index in [1.54, 1.807) is 12.1 Å². The summed E-state index contributed by atoms with van der Waals surface area (Å²) in [6.07, 6.45) is 0. The smallest absolute Gasteiger partial charge is 0.303 e. The first-order valence-corrected chi connectivity index (χ1v) is 6.27. The van der Waals surface area contributed by atoms with Gasteiger partial charge in [-0.2, -0.15) is 0 Å². The third kappa shape index (κ3) is 4.26. The second-order valence-corrected chi connectivity index (χ2v) is 4.17. The molecule has 1 aromatic carbocycles. The number of carbonyl (C=O) groups excluding carboxylic acids is 1. The zero-order chi connectivity index (χ0) is 12.8. The summed E-state index contributed by atoms with van der Waals surface area (Å²) in [4.78, 5) is 10.0. The maximum absolute atomic E-state index is 10.0. The van der Waals surface area contributed by atoms with E-state index in [1.165, 1.54) is 6.92 Å². The average Bonchev–Trinajstić information content (AvgIpc) is 2.29. The molecule has 0 atom stereocenters. The standard InChI is InChI=1S/C6H2Cl2O.C5H5IO2/c7-3-1-2-4-5(8)6(3)9-4;1-5(7)8-4-2-3-6/h1-2H;4H2,1H3. The van der Waals surface area contributed by atoms with E-state index in [9.17, 15) is 4.79 Å². The Morgan fingerprint density at radius 2 is 2.24 bits per heavy atom. The minimum Gasteiger partial charge on any atom is -0.453 e. The maximum Gasteiger partial charge on any atom is 0.303 e. The van der Waals surface area contributed by atoms with Crippen molar-refractivity contribution in [1.82, 2.24) is 0 Å². The summed E-state index contributed by atoms with van der Waals surface area (Å²) >= 11 is 13.2. The zero-order valence-corrected chi connectivity index (χ0v) is 12.4. The lowest BCUT2D eigenvalue weighted by molar-refractivity contribution is -0.139. The molecule has 2 heterocycles. The van der Waals surface area contributed by atoms with Gasteiger partial charge in [0.2, 0.25) is 0 Å². The van der Waals surface area contributed by atoms with Gasteiger partial charge in [-0.05, 0) is 16.1 Å². The number of hydrogen-bond acceptors (Lipinski definition) is 3. The van der Waals surface area contributed by atoms with Crippen molar-refractivity contribution in [3.05, 3.63) is 22.2 Å². The Morgan fingerprint density at radius 1 is 1.53 bits per heavy atom. The normalized spacial score (nSPS) is 9.65. The van der Waals surface area contributed by atoms with Crippen LogP contribution in [0.25, 0.3) is 0 Å². The van der Waals surface area contributed by atoms with Crippen molar-refractivity contribution in [1.29, 1.82) is 0 Å². The van der Waals surface area contributed by atoms with Crippen LogP contribution < -0.4 is 4.74 Å². The number of rotatable bonds is 1. The number of benzene rings is 1. The monoisotopic (exact) mass is 384 g/mol. The van der Waals surface area contributed by atoms with E-state index < -0.39 is 0 Å². The molecule has 0 aromatic heterocycles. The molecular formula is C11H7Cl2IO3. The van der Waals surface area contributed by atoms with Crippen LogP contribution in [0.3, 0.4) is 0 Å². The molecule has 0 radical (unpaired) electrons. The van der Waals surface area contributed by atoms with Crippen molar-refractivity contribution >= 4 is 51.8 Å². The quantitative estimate of drug-likeness (QED) is 0.422. The second-order valence-electron chi connectivity index (χ2n) is 2.84. The van der Waals surface area contributed by atoms with Gasteiger partial charge in [0, 0.05) is 29.5 Å². The molecule has 0 amide bonds. The third-order valence-electron chi connectivity index (χ3n) is 1.64. The van der Waals surface area contributed by atoms with Crippen LogP contribution in [0.5, 0.6) is 11.5 Å². The van der Waals surface area contributed by atoms with Crippen molar-refractivity contribution in [3.8, 4) is 21.3 Å². The van der Waals surface area contributed by atoms with Crippen LogP contribution >= 0.6 is 45.8 Å². The number of carbonyl (C=O) groups is 1. The molecule has 6 heteroatoms. The molecule has 2 bridgehead atoms. The van der Waals surface area contributed by atoms with E-state index >= 15 is 0 Å². The highest BCUT2D eigenvalue weighted by Gasteiger charge is 2.22. The third-order valence-corrected chi connectivity index (χ3v) is 2.68. The highest BCUT2D eigenvalue weighted by Crippen LogP contribution is 2.50. The molecule has 2 aliphatic rings.